The maximum absolute atomic E-state index is 13.1. The molecule has 2 atom stereocenters. The predicted octanol–water partition coefficient (Wildman–Crippen LogP) is 5.31. The number of anilines is 3. The zero-order valence-electron chi connectivity index (χ0n) is 22.0. The average molecular weight is 536 g/mol. The molecule has 8 nitrogen and oxygen atoms in total. The number of nitrogens with one attached hydrogen (secondary N) is 2. The fourth-order valence-corrected chi connectivity index (χ4v) is 5.90. The number of methoxy groups -OCH3 is 1. The second-order valence-electron chi connectivity index (χ2n) is 9.58. The Bertz CT molecular complexity index is 1440. The van der Waals surface area contributed by atoms with Gasteiger partial charge in [0.15, 0.2) is 0 Å². The molecule has 4 rings (SSSR count). The summed E-state index contributed by atoms with van der Waals surface area (Å²) in [5, 5.41) is 2.82. The number of aryl methyl sites for hydroxylation is 1. The number of nitrogens with zero attached hydrogens (tertiary/aromatic N) is 1. The monoisotopic (exact) mass is 535 g/mol. The fraction of sp³-hybridized carbons (Fsp3) is 0.310. The molecule has 1 aliphatic rings. The maximum atomic E-state index is 13.1. The molecule has 1 aliphatic heterocycles. The first-order valence-corrected chi connectivity index (χ1v) is 14.1. The van der Waals surface area contributed by atoms with Crippen LogP contribution in [0.15, 0.2) is 71.6 Å². The van der Waals surface area contributed by atoms with E-state index in [4.69, 9.17) is 4.74 Å². The van der Waals surface area contributed by atoms with Crippen LogP contribution in [0.25, 0.3) is 0 Å². The number of hydrogen-bond acceptors (Lipinski definition) is 5. The summed E-state index contributed by atoms with van der Waals surface area (Å²) in [6.07, 6.45) is 1.03. The second-order valence-corrected chi connectivity index (χ2v) is 11.2. The van der Waals surface area contributed by atoms with Gasteiger partial charge in [0.2, 0.25) is 11.8 Å². The number of para-hydroxylation sites is 1. The van der Waals surface area contributed by atoms with Crippen LogP contribution in [0, 0.1) is 12.8 Å². The van der Waals surface area contributed by atoms with Crippen LogP contribution >= 0.6 is 0 Å². The van der Waals surface area contributed by atoms with E-state index in [1.54, 1.807) is 48.2 Å². The number of amides is 2. The molecule has 0 saturated carbocycles. The van der Waals surface area contributed by atoms with Crippen LogP contribution in [0.3, 0.4) is 0 Å². The number of rotatable bonds is 9. The minimum Gasteiger partial charge on any atom is -0.497 e. The standard InChI is InChI=1S/C29H33N3O5S/c1-5-19(2)25-8-6-7-9-26(25)32-18-21(16-28(32)33)29(34)30-23-11-10-20(3)27(17-23)38(35,36)31-22-12-14-24(37-4)15-13-22/h6-15,17,19,21,31H,5,16,18H2,1-4H3,(H,30,34)/t19-,21-/m0/s1. The molecular formula is C29H33N3O5S. The third-order valence-electron chi connectivity index (χ3n) is 6.95. The van der Waals surface area contributed by atoms with Crippen molar-refractivity contribution in [3.05, 3.63) is 77.9 Å². The van der Waals surface area contributed by atoms with E-state index in [0.717, 1.165) is 17.7 Å². The predicted molar refractivity (Wildman–Crippen MR) is 149 cm³/mol. The Balaban J connectivity index is 1.49. The van der Waals surface area contributed by atoms with E-state index in [0.29, 0.717) is 22.7 Å². The molecule has 0 spiro atoms. The number of sulfonamides is 1. The SMILES string of the molecule is CC[C@H](C)c1ccccc1N1C[C@@H](C(=O)Nc2ccc(C)c(S(=O)(=O)Nc3ccc(OC)cc3)c2)CC1=O. The molecule has 0 radical (unpaired) electrons. The first-order valence-electron chi connectivity index (χ1n) is 12.6. The minimum absolute atomic E-state index is 0.0534. The van der Waals surface area contributed by atoms with Crippen LogP contribution in [-0.4, -0.2) is 33.9 Å². The molecule has 1 fully saturated rings. The third-order valence-corrected chi connectivity index (χ3v) is 8.48. The van der Waals surface area contributed by atoms with Crippen molar-refractivity contribution in [2.75, 3.05) is 28.6 Å². The summed E-state index contributed by atoms with van der Waals surface area (Å²) < 4.78 is 33.9. The van der Waals surface area contributed by atoms with Crippen molar-refractivity contribution in [3.63, 3.8) is 0 Å². The molecule has 9 heteroatoms. The first-order chi connectivity index (χ1) is 18.1. The third kappa shape index (κ3) is 5.83. The highest BCUT2D eigenvalue weighted by Crippen LogP contribution is 2.34. The van der Waals surface area contributed by atoms with E-state index in [2.05, 4.69) is 23.9 Å². The van der Waals surface area contributed by atoms with Crippen LogP contribution in [0.4, 0.5) is 17.1 Å². The Morgan fingerprint density at radius 3 is 2.45 bits per heavy atom. The van der Waals surface area contributed by atoms with Gasteiger partial charge >= 0.3 is 0 Å². The van der Waals surface area contributed by atoms with Crippen molar-refractivity contribution >= 4 is 38.9 Å². The average Bonchev–Trinajstić information content (AvgIpc) is 3.31. The van der Waals surface area contributed by atoms with Gasteiger partial charge in [-0.25, -0.2) is 8.42 Å². The summed E-state index contributed by atoms with van der Waals surface area (Å²) in [5.41, 5.74) is 3.20. The smallest absolute Gasteiger partial charge is 0.262 e. The van der Waals surface area contributed by atoms with Gasteiger partial charge in [0.1, 0.15) is 5.75 Å². The highest BCUT2D eigenvalue weighted by atomic mass is 32.2. The van der Waals surface area contributed by atoms with E-state index in [-0.39, 0.29) is 35.6 Å². The molecule has 0 bridgehead atoms. The molecule has 1 saturated heterocycles. The van der Waals surface area contributed by atoms with Crippen LogP contribution in [0.5, 0.6) is 5.75 Å². The Morgan fingerprint density at radius 1 is 1.08 bits per heavy atom. The molecule has 2 N–H and O–H groups in total. The van der Waals surface area contributed by atoms with Gasteiger partial charge < -0.3 is 15.0 Å². The normalized spacial score (nSPS) is 16.3. The maximum Gasteiger partial charge on any atom is 0.262 e. The van der Waals surface area contributed by atoms with E-state index in [9.17, 15) is 18.0 Å². The van der Waals surface area contributed by atoms with Crippen molar-refractivity contribution in [1.29, 1.82) is 0 Å². The van der Waals surface area contributed by atoms with Gasteiger partial charge in [0, 0.05) is 30.0 Å². The molecule has 38 heavy (non-hydrogen) atoms. The molecule has 2 amide bonds. The highest BCUT2D eigenvalue weighted by molar-refractivity contribution is 7.92. The van der Waals surface area contributed by atoms with Gasteiger partial charge in [-0.1, -0.05) is 38.1 Å². The van der Waals surface area contributed by atoms with Gasteiger partial charge in [-0.3, -0.25) is 14.3 Å². The molecular weight excluding hydrogens is 502 g/mol. The number of hydrogen-bond donors (Lipinski definition) is 2. The summed E-state index contributed by atoms with van der Waals surface area (Å²) in [6, 6.07) is 19.1. The summed E-state index contributed by atoms with van der Waals surface area (Å²) in [7, 11) is -2.38. The minimum atomic E-state index is -3.91. The number of ether oxygens (including phenoxy) is 1. The van der Waals surface area contributed by atoms with Crippen molar-refractivity contribution in [3.8, 4) is 5.75 Å². The van der Waals surface area contributed by atoms with E-state index >= 15 is 0 Å². The van der Waals surface area contributed by atoms with Crippen molar-refractivity contribution in [2.45, 2.75) is 44.4 Å². The Labute approximate surface area is 224 Å². The number of carbonyl (C=O) groups is 2. The molecule has 0 aliphatic carbocycles. The zero-order valence-corrected chi connectivity index (χ0v) is 22.8. The van der Waals surface area contributed by atoms with Crippen molar-refractivity contribution in [2.24, 2.45) is 5.92 Å². The van der Waals surface area contributed by atoms with Crippen molar-refractivity contribution < 1.29 is 22.7 Å². The van der Waals surface area contributed by atoms with Crippen LogP contribution in [0.1, 0.15) is 43.7 Å². The second kappa shape index (κ2) is 11.3. The lowest BCUT2D eigenvalue weighted by atomic mass is 9.96. The molecule has 1 heterocycles. The number of carbonyl (C=O) groups excluding carboxylic acids is 2. The van der Waals surface area contributed by atoms with Crippen LogP contribution in [-0.2, 0) is 19.6 Å². The largest absolute Gasteiger partial charge is 0.497 e. The number of benzene rings is 3. The summed E-state index contributed by atoms with van der Waals surface area (Å²) in [4.78, 5) is 27.8. The summed E-state index contributed by atoms with van der Waals surface area (Å²) >= 11 is 0. The lowest BCUT2D eigenvalue weighted by molar-refractivity contribution is -0.122. The van der Waals surface area contributed by atoms with E-state index in [1.165, 1.54) is 13.2 Å². The molecule has 3 aromatic rings. The topological polar surface area (TPSA) is 105 Å². The molecule has 0 unspecified atom stereocenters. The Kier molecular flexibility index (Phi) is 8.06. The van der Waals surface area contributed by atoms with Gasteiger partial charge in [-0.15, -0.1) is 0 Å². The quantitative estimate of drug-likeness (QED) is 0.386. The molecule has 3 aromatic carbocycles. The Hall–Kier alpha value is -3.85. The van der Waals surface area contributed by atoms with Crippen LogP contribution < -0.4 is 19.7 Å². The van der Waals surface area contributed by atoms with Crippen LogP contribution in [0.2, 0.25) is 0 Å². The lowest BCUT2D eigenvalue weighted by Crippen LogP contribution is -2.29. The Morgan fingerprint density at radius 2 is 1.76 bits per heavy atom. The summed E-state index contributed by atoms with van der Waals surface area (Å²) in [6.45, 7) is 6.19. The van der Waals surface area contributed by atoms with Gasteiger partial charge in [0.05, 0.1) is 17.9 Å². The molecule has 200 valence electrons. The zero-order chi connectivity index (χ0) is 27.4. The van der Waals surface area contributed by atoms with Gasteiger partial charge in [0.25, 0.3) is 10.0 Å². The molecule has 0 aromatic heterocycles. The van der Waals surface area contributed by atoms with E-state index < -0.39 is 15.9 Å². The lowest BCUT2D eigenvalue weighted by Gasteiger charge is -2.23. The van der Waals surface area contributed by atoms with Gasteiger partial charge in [-0.05, 0) is 72.9 Å². The van der Waals surface area contributed by atoms with Crippen molar-refractivity contribution in [1.82, 2.24) is 0 Å². The fourth-order valence-electron chi connectivity index (χ4n) is 4.57. The first kappa shape index (κ1) is 27.2. The van der Waals surface area contributed by atoms with E-state index in [1.807, 2.05) is 24.3 Å². The summed E-state index contributed by atoms with van der Waals surface area (Å²) in [5.74, 6) is -0.0762. The highest BCUT2D eigenvalue weighted by Gasteiger charge is 2.36. The van der Waals surface area contributed by atoms with Gasteiger partial charge in [-0.2, -0.15) is 0 Å².